The van der Waals surface area contributed by atoms with Gasteiger partial charge >= 0.3 is 0 Å². The van der Waals surface area contributed by atoms with E-state index in [0.717, 1.165) is 22.2 Å². The molecule has 1 N–H and O–H groups in total. The molecule has 0 bridgehead atoms. The van der Waals surface area contributed by atoms with Gasteiger partial charge in [-0.2, -0.15) is 0 Å². The van der Waals surface area contributed by atoms with Crippen LogP contribution in [0.2, 0.25) is 0 Å². The van der Waals surface area contributed by atoms with E-state index >= 15 is 0 Å². The Morgan fingerprint density at radius 3 is 2.77 bits per heavy atom. The van der Waals surface area contributed by atoms with Crippen LogP contribution in [0.25, 0.3) is 16.6 Å². The number of carbonyl (C=O) groups excluding carboxylic acids is 1. The van der Waals surface area contributed by atoms with Crippen molar-refractivity contribution in [1.29, 1.82) is 0 Å². The highest BCUT2D eigenvalue weighted by molar-refractivity contribution is 5.93. The molecule has 1 aromatic carbocycles. The van der Waals surface area contributed by atoms with Gasteiger partial charge in [0, 0.05) is 30.5 Å². The van der Waals surface area contributed by atoms with Gasteiger partial charge in [0.1, 0.15) is 0 Å². The van der Waals surface area contributed by atoms with Crippen LogP contribution in [0.1, 0.15) is 21.7 Å². The largest absolute Gasteiger partial charge is 0.347 e. The van der Waals surface area contributed by atoms with Gasteiger partial charge in [-0.15, -0.1) is 5.10 Å². The van der Waals surface area contributed by atoms with Crippen molar-refractivity contribution in [2.45, 2.75) is 13.5 Å². The number of aromatic nitrogens is 5. The van der Waals surface area contributed by atoms with Crippen LogP contribution in [0, 0.1) is 6.92 Å². The van der Waals surface area contributed by atoms with Crippen LogP contribution in [0.3, 0.4) is 0 Å². The van der Waals surface area contributed by atoms with Crippen molar-refractivity contribution in [3.8, 4) is 5.69 Å². The lowest BCUT2D eigenvalue weighted by atomic mass is 10.2. The molecule has 4 rings (SSSR count). The smallest absolute Gasteiger partial charge is 0.274 e. The second kappa shape index (κ2) is 6.72. The summed E-state index contributed by atoms with van der Waals surface area (Å²) in [5, 5.41) is 12.1. The summed E-state index contributed by atoms with van der Waals surface area (Å²) in [5.41, 5.74) is 3.66. The van der Waals surface area contributed by atoms with Crippen LogP contribution in [0.5, 0.6) is 0 Å². The Bertz CT molecular complexity index is 1070. The van der Waals surface area contributed by atoms with E-state index in [1.165, 1.54) is 0 Å². The first-order valence-electron chi connectivity index (χ1n) is 8.17. The van der Waals surface area contributed by atoms with Gasteiger partial charge in [-0.3, -0.25) is 14.8 Å². The van der Waals surface area contributed by atoms with Gasteiger partial charge in [0.05, 0.1) is 16.9 Å². The maximum atomic E-state index is 12.5. The zero-order valence-electron chi connectivity index (χ0n) is 14.1. The Labute approximate surface area is 149 Å². The fraction of sp³-hybridized carbons (Fsp3) is 0.105. The lowest BCUT2D eigenvalue weighted by Crippen LogP contribution is -2.24. The average Bonchev–Trinajstić information content (AvgIpc) is 3.08. The number of amides is 1. The normalized spacial score (nSPS) is 10.8. The molecule has 1 amide bonds. The third-order valence-corrected chi connectivity index (χ3v) is 4.16. The van der Waals surface area contributed by atoms with Crippen LogP contribution in [0.15, 0.2) is 61.1 Å². The predicted octanol–water partition coefficient (Wildman–Crippen LogP) is 2.45. The molecule has 7 heteroatoms. The molecule has 0 saturated heterocycles. The Morgan fingerprint density at radius 1 is 1.08 bits per heavy atom. The molecule has 26 heavy (non-hydrogen) atoms. The molecule has 0 aliphatic heterocycles. The van der Waals surface area contributed by atoms with E-state index in [9.17, 15) is 4.79 Å². The first kappa shape index (κ1) is 15.9. The summed E-state index contributed by atoms with van der Waals surface area (Å²) in [6.45, 7) is 2.24. The summed E-state index contributed by atoms with van der Waals surface area (Å²) in [6, 6.07) is 13.3. The highest BCUT2D eigenvalue weighted by Crippen LogP contribution is 2.21. The lowest BCUT2D eigenvalue weighted by molar-refractivity contribution is 0.0945. The maximum absolute atomic E-state index is 12.5. The Hall–Kier alpha value is -3.61. The summed E-state index contributed by atoms with van der Waals surface area (Å²) >= 11 is 0. The zero-order chi connectivity index (χ0) is 17.9. The summed E-state index contributed by atoms with van der Waals surface area (Å²) in [7, 11) is 0. The lowest BCUT2D eigenvalue weighted by Gasteiger charge is -2.07. The number of hydrogen-bond acceptors (Lipinski definition) is 5. The minimum Gasteiger partial charge on any atom is -0.347 e. The Morgan fingerprint density at radius 2 is 1.92 bits per heavy atom. The van der Waals surface area contributed by atoms with E-state index < -0.39 is 0 Å². The van der Waals surface area contributed by atoms with Crippen LogP contribution in [-0.2, 0) is 6.54 Å². The maximum Gasteiger partial charge on any atom is 0.274 e. The first-order valence-corrected chi connectivity index (χ1v) is 8.17. The van der Waals surface area contributed by atoms with Crippen LogP contribution in [-0.4, -0.2) is 30.9 Å². The summed E-state index contributed by atoms with van der Waals surface area (Å²) in [4.78, 5) is 20.8. The highest BCUT2D eigenvalue weighted by Gasteiger charge is 2.18. The van der Waals surface area contributed by atoms with Gasteiger partial charge < -0.3 is 5.32 Å². The molecule has 0 fully saturated rings. The molecular formula is C19H16N6O. The fourth-order valence-electron chi connectivity index (χ4n) is 2.81. The standard InChI is InChI=1S/C19H16N6O/c1-13-18(19(26)22-12-14-7-10-20-11-8-14)23-24-25(13)17-6-2-5-16-15(17)4-3-9-21-16/h2-11H,12H2,1H3,(H,22,26). The van der Waals surface area contributed by atoms with E-state index in [4.69, 9.17) is 0 Å². The summed E-state index contributed by atoms with van der Waals surface area (Å²) < 4.78 is 1.67. The van der Waals surface area contributed by atoms with Crippen molar-refractivity contribution in [3.05, 3.63) is 78.0 Å². The van der Waals surface area contributed by atoms with Crippen molar-refractivity contribution in [3.63, 3.8) is 0 Å². The average molecular weight is 344 g/mol. The third-order valence-electron chi connectivity index (χ3n) is 4.16. The molecule has 0 spiro atoms. The number of nitrogens with one attached hydrogen (secondary N) is 1. The number of pyridine rings is 2. The molecule has 3 heterocycles. The third kappa shape index (κ3) is 2.90. The predicted molar refractivity (Wildman–Crippen MR) is 96.8 cm³/mol. The first-order chi connectivity index (χ1) is 12.7. The van der Waals surface area contributed by atoms with E-state index in [0.29, 0.717) is 17.9 Å². The Balaban J connectivity index is 1.63. The SMILES string of the molecule is Cc1c(C(=O)NCc2ccncc2)nnn1-c1cccc2ncccc12. The van der Waals surface area contributed by atoms with E-state index in [1.54, 1.807) is 23.3 Å². The van der Waals surface area contributed by atoms with E-state index in [-0.39, 0.29) is 5.91 Å². The van der Waals surface area contributed by atoms with Crippen molar-refractivity contribution in [2.24, 2.45) is 0 Å². The molecule has 0 radical (unpaired) electrons. The van der Waals surface area contributed by atoms with Crippen molar-refractivity contribution in [2.75, 3.05) is 0 Å². The number of fused-ring (bicyclic) bond motifs is 1. The second-order valence-electron chi connectivity index (χ2n) is 5.82. The molecule has 4 aromatic rings. The topological polar surface area (TPSA) is 85.6 Å². The van der Waals surface area contributed by atoms with E-state index in [1.807, 2.05) is 49.4 Å². The minimum atomic E-state index is -0.260. The molecule has 0 saturated carbocycles. The van der Waals surface area contributed by atoms with Crippen LogP contribution in [0.4, 0.5) is 0 Å². The van der Waals surface area contributed by atoms with E-state index in [2.05, 4.69) is 25.6 Å². The van der Waals surface area contributed by atoms with Gasteiger partial charge in [0.15, 0.2) is 5.69 Å². The van der Waals surface area contributed by atoms with Gasteiger partial charge in [-0.1, -0.05) is 11.3 Å². The van der Waals surface area contributed by atoms with Crippen molar-refractivity contribution >= 4 is 16.8 Å². The van der Waals surface area contributed by atoms with Gasteiger partial charge in [0.25, 0.3) is 5.91 Å². The minimum absolute atomic E-state index is 0.260. The van der Waals surface area contributed by atoms with Gasteiger partial charge in [-0.05, 0) is 48.9 Å². The van der Waals surface area contributed by atoms with Crippen molar-refractivity contribution in [1.82, 2.24) is 30.3 Å². The van der Waals surface area contributed by atoms with Crippen LogP contribution < -0.4 is 5.32 Å². The molecule has 0 aliphatic rings. The molecule has 0 aliphatic carbocycles. The monoisotopic (exact) mass is 344 g/mol. The molecule has 128 valence electrons. The van der Waals surface area contributed by atoms with Gasteiger partial charge in [-0.25, -0.2) is 4.68 Å². The molecular weight excluding hydrogens is 328 g/mol. The quantitative estimate of drug-likeness (QED) is 0.614. The highest BCUT2D eigenvalue weighted by atomic mass is 16.2. The summed E-state index contributed by atoms with van der Waals surface area (Å²) in [6.07, 6.45) is 5.13. The molecule has 0 atom stereocenters. The molecule has 0 unspecified atom stereocenters. The second-order valence-corrected chi connectivity index (χ2v) is 5.82. The van der Waals surface area contributed by atoms with Crippen molar-refractivity contribution < 1.29 is 4.79 Å². The molecule has 7 nitrogen and oxygen atoms in total. The Kier molecular flexibility index (Phi) is 4.10. The van der Waals surface area contributed by atoms with Crippen LogP contribution >= 0.6 is 0 Å². The number of carbonyl (C=O) groups is 1. The van der Waals surface area contributed by atoms with Gasteiger partial charge in [0.2, 0.25) is 0 Å². The molecule has 3 aromatic heterocycles. The number of hydrogen-bond donors (Lipinski definition) is 1. The number of rotatable bonds is 4. The number of benzene rings is 1. The number of nitrogens with zero attached hydrogens (tertiary/aromatic N) is 5. The summed E-state index contributed by atoms with van der Waals surface area (Å²) in [5.74, 6) is -0.260. The fourth-order valence-corrected chi connectivity index (χ4v) is 2.81. The zero-order valence-corrected chi connectivity index (χ0v) is 14.1.